The van der Waals surface area contributed by atoms with Gasteiger partial charge in [-0.05, 0) is 25.0 Å². The Morgan fingerprint density at radius 2 is 2.11 bits per heavy atom. The highest BCUT2D eigenvalue weighted by Crippen LogP contribution is 2.21. The molecule has 98 valence electrons. The van der Waals surface area contributed by atoms with Gasteiger partial charge in [0.25, 0.3) is 0 Å². The summed E-state index contributed by atoms with van der Waals surface area (Å²) in [6, 6.07) is 2.79. The summed E-state index contributed by atoms with van der Waals surface area (Å²) in [6.07, 6.45) is 5.04. The number of aromatic nitrogens is 1. The number of aryl methyl sites for hydroxylation is 1. The average molecular weight is 247 g/mol. The van der Waals surface area contributed by atoms with Crippen molar-refractivity contribution in [2.45, 2.75) is 19.4 Å². The molecular formula is C14H21N3O. The second-order valence-corrected chi connectivity index (χ2v) is 5.20. The molecule has 2 aliphatic heterocycles. The molecule has 1 aromatic heterocycles. The Hall–Kier alpha value is -1.13. The summed E-state index contributed by atoms with van der Waals surface area (Å²) >= 11 is 0. The normalized spacial score (nSPS) is 25.6. The molecule has 18 heavy (non-hydrogen) atoms. The van der Waals surface area contributed by atoms with Crippen molar-refractivity contribution in [2.75, 3.05) is 44.3 Å². The van der Waals surface area contributed by atoms with E-state index in [4.69, 9.17) is 4.74 Å². The van der Waals surface area contributed by atoms with Gasteiger partial charge in [-0.25, -0.2) is 0 Å². The molecule has 1 unspecified atom stereocenters. The van der Waals surface area contributed by atoms with Crippen LogP contribution in [0.1, 0.15) is 12.0 Å². The van der Waals surface area contributed by atoms with Crippen molar-refractivity contribution in [2.24, 2.45) is 0 Å². The quantitative estimate of drug-likeness (QED) is 0.787. The largest absolute Gasteiger partial charge is 0.380 e. The zero-order valence-corrected chi connectivity index (χ0v) is 11.0. The van der Waals surface area contributed by atoms with Gasteiger partial charge in [0.15, 0.2) is 0 Å². The van der Waals surface area contributed by atoms with Crippen LogP contribution in [-0.2, 0) is 4.74 Å². The average Bonchev–Trinajstić information content (AvgIpc) is 2.94. The second kappa shape index (κ2) is 5.24. The van der Waals surface area contributed by atoms with Gasteiger partial charge in [0, 0.05) is 56.9 Å². The van der Waals surface area contributed by atoms with Gasteiger partial charge < -0.3 is 9.64 Å². The summed E-state index contributed by atoms with van der Waals surface area (Å²) in [5.74, 6) is 0. The fourth-order valence-corrected chi connectivity index (χ4v) is 2.96. The van der Waals surface area contributed by atoms with Gasteiger partial charge in [0.1, 0.15) is 0 Å². The van der Waals surface area contributed by atoms with Crippen LogP contribution in [0, 0.1) is 6.92 Å². The number of hydrogen-bond donors (Lipinski definition) is 0. The smallest absolute Gasteiger partial charge is 0.0622 e. The van der Waals surface area contributed by atoms with E-state index in [9.17, 15) is 0 Å². The minimum atomic E-state index is 0.658. The summed E-state index contributed by atoms with van der Waals surface area (Å²) in [4.78, 5) is 9.22. The Bertz CT molecular complexity index is 396. The topological polar surface area (TPSA) is 28.6 Å². The molecule has 2 aliphatic rings. The summed E-state index contributed by atoms with van der Waals surface area (Å²) < 4.78 is 5.48. The molecule has 0 aliphatic carbocycles. The lowest BCUT2D eigenvalue weighted by molar-refractivity contribution is 0.139. The molecular weight excluding hydrogens is 226 g/mol. The molecule has 0 bridgehead atoms. The van der Waals surface area contributed by atoms with E-state index in [1.54, 1.807) is 0 Å². The van der Waals surface area contributed by atoms with Crippen LogP contribution < -0.4 is 4.90 Å². The predicted molar refractivity (Wildman–Crippen MR) is 72.0 cm³/mol. The van der Waals surface area contributed by atoms with E-state index >= 15 is 0 Å². The van der Waals surface area contributed by atoms with E-state index in [-0.39, 0.29) is 0 Å². The van der Waals surface area contributed by atoms with Gasteiger partial charge in [0.05, 0.1) is 6.61 Å². The standard InChI is InChI=1S/C14H21N3O/c1-12-10-15-4-2-14(12)17-7-5-16(6-8-17)13-3-9-18-11-13/h2,4,10,13H,3,5-9,11H2,1H3. The van der Waals surface area contributed by atoms with Gasteiger partial charge >= 0.3 is 0 Å². The third-order valence-electron chi connectivity index (χ3n) is 4.07. The highest BCUT2D eigenvalue weighted by atomic mass is 16.5. The van der Waals surface area contributed by atoms with Crippen molar-refractivity contribution >= 4 is 5.69 Å². The zero-order valence-electron chi connectivity index (χ0n) is 11.0. The Morgan fingerprint density at radius 3 is 2.78 bits per heavy atom. The molecule has 2 saturated heterocycles. The number of piperazine rings is 1. The summed E-state index contributed by atoms with van der Waals surface area (Å²) in [7, 11) is 0. The summed E-state index contributed by atoms with van der Waals surface area (Å²) in [5.41, 5.74) is 2.61. The van der Waals surface area contributed by atoms with Gasteiger partial charge in [0.2, 0.25) is 0 Å². The molecule has 1 aromatic rings. The molecule has 0 N–H and O–H groups in total. The molecule has 0 radical (unpaired) electrons. The maximum Gasteiger partial charge on any atom is 0.0622 e. The maximum atomic E-state index is 5.48. The fourth-order valence-electron chi connectivity index (χ4n) is 2.96. The Labute approximate surface area is 109 Å². The first-order valence-electron chi connectivity index (χ1n) is 6.82. The van der Waals surface area contributed by atoms with Crippen molar-refractivity contribution in [3.63, 3.8) is 0 Å². The highest BCUT2D eigenvalue weighted by molar-refractivity contribution is 5.51. The minimum Gasteiger partial charge on any atom is -0.380 e. The monoisotopic (exact) mass is 247 g/mol. The van der Waals surface area contributed by atoms with E-state index in [0.29, 0.717) is 6.04 Å². The SMILES string of the molecule is Cc1cnccc1N1CCN(C2CCOC2)CC1. The lowest BCUT2D eigenvalue weighted by atomic mass is 10.1. The van der Waals surface area contributed by atoms with Crippen LogP contribution in [0.5, 0.6) is 0 Å². The van der Waals surface area contributed by atoms with Crippen LogP contribution in [0.25, 0.3) is 0 Å². The Kier molecular flexibility index (Phi) is 3.48. The van der Waals surface area contributed by atoms with E-state index in [1.807, 2.05) is 12.4 Å². The third kappa shape index (κ3) is 2.35. The molecule has 0 spiro atoms. The number of nitrogens with zero attached hydrogens (tertiary/aromatic N) is 3. The van der Waals surface area contributed by atoms with Crippen LogP contribution >= 0.6 is 0 Å². The number of pyridine rings is 1. The second-order valence-electron chi connectivity index (χ2n) is 5.20. The van der Waals surface area contributed by atoms with Crippen molar-refractivity contribution in [1.82, 2.24) is 9.88 Å². The number of rotatable bonds is 2. The van der Waals surface area contributed by atoms with Gasteiger partial charge in [-0.2, -0.15) is 0 Å². The molecule has 4 heteroatoms. The number of hydrogen-bond acceptors (Lipinski definition) is 4. The van der Waals surface area contributed by atoms with Crippen molar-refractivity contribution < 1.29 is 4.74 Å². The number of ether oxygens (including phenoxy) is 1. The van der Waals surface area contributed by atoms with Gasteiger partial charge in [-0.1, -0.05) is 0 Å². The van der Waals surface area contributed by atoms with Crippen molar-refractivity contribution in [3.05, 3.63) is 24.0 Å². The van der Waals surface area contributed by atoms with Gasteiger partial charge in [-0.3, -0.25) is 9.88 Å². The predicted octanol–water partition coefficient (Wildman–Crippen LogP) is 1.30. The van der Waals surface area contributed by atoms with Crippen LogP contribution in [0.4, 0.5) is 5.69 Å². The summed E-state index contributed by atoms with van der Waals surface area (Å²) in [5, 5.41) is 0. The first-order chi connectivity index (χ1) is 8.84. The molecule has 3 rings (SSSR count). The first kappa shape index (κ1) is 11.9. The molecule has 4 nitrogen and oxygen atoms in total. The molecule has 1 atom stereocenters. The van der Waals surface area contributed by atoms with E-state index < -0.39 is 0 Å². The molecule has 0 aromatic carbocycles. The molecule has 0 amide bonds. The first-order valence-corrected chi connectivity index (χ1v) is 6.82. The van der Waals surface area contributed by atoms with Crippen molar-refractivity contribution in [3.8, 4) is 0 Å². The molecule has 0 saturated carbocycles. The van der Waals surface area contributed by atoms with Crippen molar-refractivity contribution in [1.29, 1.82) is 0 Å². The fraction of sp³-hybridized carbons (Fsp3) is 0.643. The van der Waals surface area contributed by atoms with E-state index in [2.05, 4.69) is 27.8 Å². The number of anilines is 1. The maximum absolute atomic E-state index is 5.48. The lowest BCUT2D eigenvalue weighted by Crippen LogP contribution is -2.50. The lowest BCUT2D eigenvalue weighted by Gasteiger charge is -2.39. The van der Waals surface area contributed by atoms with E-state index in [1.165, 1.54) is 17.7 Å². The summed E-state index contributed by atoms with van der Waals surface area (Å²) in [6.45, 7) is 8.52. The Morgan fingerprint density at radius 1 is 1.28 bits per heavy atom. The molecule has 3 heterocycles. The van der Waals surface area contributed by atoms with E-state index in [0.717, 1.165) is 39.4 Å². The zero-order chi connectivity index (χ0) is 12.4. The Balaban J connectivity index is 1.61. The van der Waals surface area contributed by atoms with Gasteiger partial charge in [-0.15, -0.1) is 0 Å². The highest BCUT2D eigenvalue weighted by Gasteiger charge is 2.26. The van der Waals surface area contributed by atoms with Crippen LogP contribution in [-0.4, -0.2) is 55.3 Å². The van der Waals surface area contributed by atoms with Crippen LogP contribution in [0.2, 0.25) is 0 Å². The minimum absolute atomic E-state index is 0.658. The molecule has 2 fully saturated rings. The third-order valence-corrected chi connectivity index (χ3v) is 4.07. The van der Waals surface area contributed by atoms with Crippen LogP contribution in [0.3, 0.4) is 0 Å². The van der Waals surface area contributed by atoms with Crippen LogP contribution in [0.15, 0.2) is 18.5 Å².